The number of rotatable bonds is 10. The number of fused-ring (bicyclic) bond motifs is 3. The predicted molar refractivity (Wildman–Crippen MR) is 156 cm³/mol. The molecule has 3 aromatic carbocycles. The van der Waals surface area contributed by atoms with Crippen molar-refractivity contribution < 1.29 is 28.3 Å². The van der Waals surface area contributed by atoms with E-state index in [2.05, 4.69) is 10.6 Å². The minimum absolute atomic E-state index is 0.0720. The summed E-state index contributed by atoms with van der Waals surface area (Å²) in [5.74, 6) is -3.06. The summed E-state index contributed by atoms with van der Waals surface area (Å²) in [6.07, 6.45) is 2.18. The van der Waals surface area contributed by atoms with Crippen molar-refractivity contribution in [1.82, 2.24) is 9.88 Å². The lowest BCUT2D eigenvalue weighted by Gasteiger charge is -2.28. The highest BCUT2D eigenvalue weighted by atomic mass is 19.1. The van der Waals surface area contributed by atoms with Gasteiger partial charge in [0.05, 0.1) is 5.92 Å². The molecule has 0 radical (unpaired) electrons. The monoisotopic (exact) mass is 573 g/mol. The van der Waals surface area contributed by atoms with Crippen molar-refractivity contribution in [1.29, 1.82) is 0 Å². The first-order valence-corrected chi connectivity index (χ1v) is 14.2. The SMILES string of the molecule is CCC(C(=O)O)n1c2c(c3cc(F)ccc31)C[C@@H](NC(=O)[C@H](CC(=O)Nc1ccc(F)cc1)Cc1ccccc1)CC2. The Hall–Kier alpha value is -4.53. The number of aromatic nitrogens is 1. The first kappa shape index (κ1) is 29.0. The number of carboxylic acids is 1. The number of anilines is 1. The molecule has 9 heteroatoms. The topological polar surface area (TPSA) is 100 Å². The molecular formula is C33H33F2N3O4. The lowest BCUT2D eigenvalue weighted by atomic mass is 9.89. The lowest BCUT2D eigenvalue weighted by Crippen LogP contribution is -2.43. The van der Waals surface area contributed by atoms with Crippen LogP contribution in [0.1, 0.15) is 49.0 Å². The molecule has 5 rings (SSSR count). The van der Waals surface area contributed by atoms with Crippen LogP contribution in [0.3, 0.4) is 0 Å². The molecule has 218 valence electrons. The number of halogens is 2. The molecule has 0 aliphatic heterocycles. The van der Waals surface area contributed by atoms with E-state index in [1.54, 1.807) is 6.07 Å². The van der Waals surface area contributed by atoms with E-state index in [0.717, 1.165) is 16.8 Å². The van der Waals surface area contributed by atoms with Gasteiger partial charge in [0.15, 0.2) is 0 Å². The number of carbonyl (C=O) groups is 3. The van der Waals surface area contributed by atoms with Crippen LogP contribution in [0.4, 0.5) is 14.5 Å². The highest BCUT2D eigenvalue weighted by Gasteiger charge is 2.32. The maximum absolute atomic E-state index is 14.3. The van der Waals surface area contributed by atoms with Gasteiger partial charge < -0.3 is 20.3 Å². The minimum Gasteiger partial charge on any atom is -0.480 e. The van der Waals surface area contributed by atoms with Gasteiger partial charge in [0.1, 0.15) is 17.7 Å². The lowest BCUT2D eigenvalue weighted by molar-refractivity contribution is -0.141. The Balaban J connectivity index is 1.37. The summed E-state index contributed by atoms with van der Waals surface area (Å²) < 4.78 is 29.4. The van der Waals surface area contributed by atoms with E-state index in [1.165, 1.54) is 36.4 Å². The third kappa shape index (κ3) is 6.35. The Bertz CT molecular complexity index is 1600. The molecule has 4 aromatic rings. The number of nitrogens with zero attached hydrogens (tertiary/aromatic N) is 1. The molecule has 0 saturated heterocycles. The van der Waals surface area contributed by atoms with Crippen LogP contribution in [-0.4, -0.2) is 33.5 Å². The Labute approximate surface area is 242 Å². The number of hydrogen-bond acceptors (Lipinski definition) is 3. The third-order valence-electron chi connectivity index (χ3n) is 7.95. The smallest absolute Gasteiger partial charge is 0.326 e. The van der Waals surface area contributed by atoms with Crippen molar-refractivity contribution in [3.63, 3.8) is 0 Å². The van der Waals surface area contributed by atoms with Crippen LogP contribution in [0, 0.1) is 17.6 Å². The van der Waals surface area contributed by atoms with Gasteiger partial charge in [0.25, 0.3) is 0 Å². The third-order valence-corrected chi connectivity index (χ3v) is 7.95. The van der Waals surface area contributed by atoms with Gasteiger partial charge in [-0.3, -0.25) is 9.59 Å². The first-order valence-electron chi connectivity index (χ1n) is 14.2. The summed E-state index contributed by atoms with van der Waals surface area (Å²) in [7, 11) is 0. The highest BCUT2D eigenvalue weighted by molar-refractivity contribution is 5.94. The Kier molecular flexibility index (Phi) is 8.66. The van der Waals surface area contributed by atoms with E-state index >= 15 is 0 Å². The van der Waals surface area contributed by atoms with E-state index in [-0.39, 0.29) is 24.3 Å². The quantitative estimate of drug-likeness (QED) is 0.223. The molecular weight excluding hydrogens is 540 g/mol. The van der Waals surface area contributed by atoms with Crippen molar-refractivity contribution in [3.05, 3.63) is 101 Å². The standard InChI is InChI=1S/C33H33F2N3O4/c1-2-28(33(41)42)38-29-14-10-23(35)18-26(29)27-19-25(13-15-30(27)38)37-32(40)21(16-20-6-4-3-5-7-20)17-31(39)36-24-11-8-22(34)9-12-24/h3-12,14,18,21,25,28H,2,13,15-17,19H2,1H3,(H,36,39)(H,37,40)(H,41,42)/t21-,25-,28?/m0/s1. The molecule has 0 fully saturated rings. The van der Waals surface area contributed by atoms with E-state index < -0.39 is 29.6 Å². The van der Waals surface area contributed by atoms with Crippen molar-refractivity contribution in [3.8, 4) is 0 Å². The van der Waals surface area contributed by atoms with E-state index in [4.69, 9.17) is 0 Å². The summed E-state index contributed by atoms with van der Waals surface area (Å²) >= 11 is 0. The van der Waals surface area contributed by atoms with Crippen LogP contribution in [-0.2, 0) is 33.6 Å². The van der Waals surface area contributed by atoms with E-state index in [1.807, 2.05) is 41.8 Å². The summed E-state index contributed by atoms with van der Waals surface area (Å²) in [6, 6.07) is 18.2. The van der Waals surface area contributed by atoms with Gasteiger partial charge >= 0.3 is 5.97 Å². The number of amides is 2. The van der Waals surface area contributed by atoms with Gasteiger partial charge in [-0.15, -0.1) is 0 Å². The number of carboxylic acid groups (broad SMARTS) is 1. The van der Waals surface area contributed by atoms with Crippen LogP contribution < -0.4 is 10.6 Å². The summed E-state index contributed by atoms with van der Waals surface area (Å²) in [6.45, 7) is 1.81. The average molecular weight is 574 g/mol. The van der Waals surface area contributed by atoms with Crippen molar-refractivity contribution >= 4 is 34.4 Å². The maximum atomic E-state index is 14.3. The molecule has 7 nitrogen and oxygen atoms in total. The van der Waals surface area contributed by atoms with Crippen LogP contribution in [0.2, 0.25) is 0 Å². The summed E-state index contributed by atoms with van der Waals surface area (Å²) in [5, 5.41) is 16.4. The highest BCUT2D eigenvalue weighted by Crippen LogP contribution is 2.36. The summed E-state index contributed by atoms with van der Waals surface area (Å²) in [4.78, 5) is 38.6. The van der Waals surface area contributed by atoms with Crippen molar-refractivity contribution in [2.45, 2.75) is 57.5 Å². The van der Waals surface area contributed by atoms with Gasteiger partial charge in [0, 0.05) is 34.7 Å². The minimum atomic E-state index is -0.945. The van der Waals surface area contributed by atoms with Crippen molar-refractivity contribution in [2.75, 3.05) is 5.32 Å². The zero-order chi connectivity index (χ0) is 29.8. The molecule has 1 aromatic heterocycles. The second-order valence-corrected chi connectivity index (χ2v) is 10.8. The molecule has 0 spiro atoms. The normalized spacial score (nSPS) is 15.9. The number of nitrogens with one attached hydrogen (secondary N) is 2. The Morgan fingerprint density at radius 2 is 1.71 bits per heavy atom. The molecule has 1 aliphatic carbocycles. The van der Waals surface area contributed by atoms with E-state index in [0.29, 0.717) is 48.7 Å². The van der Waals surface area contributed by atoms with Gasteiger partial charge in [0.2, 0.25) is 11.8 Å². The molecule has 42 heavy (non-hydrogen) atoms. The first-order chi connectivity index (χ1) is 20.2. The van der Waals surface area contributed by atoms with Crippen molar-refractivity contribution in [2.24, 2.45) is 5.92 Å². The Morgan fingerprint density at radius 1 is 1.00 bits per heavy atom. The zero-order valence-electron chi connectivity index (χ0n) is 23.3. The zero-order valence-corrected chi connectivity index (χ0v) is 23.3. The maximum Gasteiger partial charge on any atom is 0.326 e. The molecule has 0 saturated carbocycles. The van der Waals surface area contributed by atoms with Gasteiger partial charge in [-0.05, 0) is 85.7 Å². The van der Waals surface area contributed by atoms with Crippen LogP contribution in [0.5, 0.6) is 0 Å². The van der Waals surface area contributed by atoms with Gasteiger partial charge in [-0.25, -0.2) is 13.6 Å². The number of aliphatic carboxylic acids is 1. The second-order valence-electron chi connectivity index (χ2n) is 10.8. The fourth-order valence-corrected chi connectivity index (χ4v) is 5.96. The molecule has 1 aliphatic rings. The van der Waals surface area contributed by atoms with Gasteiger partial charge in [-0.2, -0.15) is 0 Å². The molecule has 3 N–H and O–H groups in total. The molecule has 1 unspecified atom stereocenters. The van der Waals surface area contributed by atoms with Crippen LogP contribution >= 0.6 is 0 Å². The predicted octanol–water partition coefficient (Wildman–Crippen LogP) is 5.82. The molecule has 1 heterocycles. The van der Waals surface area contributed by atoms with E-state index in [9.17, 15) is 28.3 Å². The number of carbonyl (C=O) groups excluding carboxylic acids is 2. The van der Waals surface area contributed by atoms with Crippen LogP contribution in [0.25, 0.3) is 10.9 Å². The molecule has 0 bridgehead atoms. The second kappa shape index (κ2) is 12.5. The largest absolute Gasteiger partial charge is 0.480 e. The Morgan fingerprint density at radius 3 is 2.40 bits per heavy atom. The van der Waals surface area contributed by atoms with Crippen LogP contribution in [0.15, 0.2) is 72.8 Å². The summed E-state index contributed by atoms with van der Waals surface area (Å²) in [5.41, 5.74) is 3.72. The fourth-order valence-electron chi connectivity index (χ4n) is 5.96. The average Bonchev–Trinajstić information content (AvgIpc) is 3.27. The number of hydrogen-bond donors (Lipinski definition) is 3. The number of benzene rings is 3. The molecule has 3 atom stereocenters. The fraction of sp³-hybridized carbons (Fsp3) is 0.303. The molecule has 2 amide bonds. The van der Waals surface area contributed by atoms with Gasteiger partial charge in [-0.1, -0.05) is 37.3 Å².